The first-order valence-electron chi connectivity index (χ1n) is 6.80. The van der Waals surface area contributed by atoms with Crippen LogP contribution in [0.4, 0.5) is 0 Å². The second kappa shape index (κ2) is 6.26. The zero-order valence-electron chi connectivity index (χ0n) is 12.3. The number of nitrogens with one attached hydrogen (secondary N) is 1. The van der Waals surface area contributed by atoms with Crippen molar-refractivity contribution in [1.29, 1.82) is 0 Å². The molecule has 1 fully saturated rings. The van der Waals surface area contributed by atoms with Gasteiger partial charge in [-0.25, -0.2) is 12.7 Å². The van der Waals surface area contributed by atoms with Gasteiger partial charge < -0.3 is 14.6 Å². The fourth-order valence-corrected chi connectivity index (χ4v) is 3.18. The predicted molar refractivity (Wildman–Crippen MR) is 76.9 cm³/mol. The molecule has 1 aliphatic rings. The van der Waals surface area contributed by atoms with E-state index in [-0.39, 0.29) is 5.09 Å². The summed E-state index contributed by atoms with van der Waals surface area (Å²) in [6.07, 6.45) is 1.21. The minimum absolute atomic E-state index is 0.0000929. The van der Waals surface area contributed by atoms with Crippen molar-refractivity contribution in [2.45, 2.75) is 18.1 Å². The second-order valence-corrected chi connectivity index (χ2v) is 7.64. The lowest BCUT2D eigenvalue weighted by Crippen LogP contribution is -2.24. The van der Waals surface area contributed by atoms with E-state index in [1.165, 1.54) is 26.6 Å². The molecule has 1 aromatic heterocycles. The fourth-order valence-electron chi connectivity index (χ4n) is 2.36. The van der Waals surface area contributed by atoms with Gasteiger partial charge in [-0.1, -0.05) is 0 Å². The number of hydrogen-bond acceptors (Lipinski definition) is 5. The lowest BCUT2D eigenvalue weighted by Gasteiger charge is -2.11. The summed E-state index contributed by atoms with van der Waals surface area (Å²) in [5.41, 5.74) is 0. The molecule has 20 heavy (non-hydrogen) atoms. The lowest BCUT2D eigenvalue weighted by molar-refractivity contribution is 0.370. The quantitative estimate of drug-likeness (QED) is 0.832. The van der Waals surface area contributed by atoms with Gasteiger partial charge in [0, 0.05) is 20.6 Å². The molecule has 1 N–H and O–H groups in total. The molecular weight excluding hydrogens is 278 g/mol. The Balaban J connectivity index is 1.84. The van der Waals surface area contributed by atoms with Crippen LogP contribution in [0.25, 0.3) is 0 Å². The Hall–Kier alpha value is -0.890. The molecule has 2 heterocycles. The summed E-state index contributed by atoms with van der Waals surface area (Å²) in [7, 11) is 1.64. The molecule has 0 aliphatic carbocycles. The SMILES string of the molecule is CN1CCC(CNCc2ccc(S(=O)(=O)N(C)C)o2)C1. The van der Waals surface area contributed by atoms with Crippen molar-refractivity contribution in [3.05, 3.63) is 17.9 Å². The molecule has 0 amide bonds. The normalized spacial score (nSPS) is 20.9. The molecule has 0 radical (unpaired) electrons. The van der Waals surface area contributed by atoms with Crippen molar-refractivity contribution < 1.29 is 12.8 Å². The number of likely N-dealkylation sites (tertiary alicyclic amines) is 1. The second-order valence-electron chi connectivity index (χ2n) is 5.56. The summed E-state index contributed by atoms with van der Waals surface area (Å²) in [4.78, 5) is 2.32. The first-order chi connectivity index (χ1) is 9.39. The van der Waals surface area contributed by atoms with Crippen molar-refractivity contribution >= 4 is 10.0 Å². The van der Waals surface area contributed by atoms with Crippen LogP contribution >= 0.6 is 0 Å². The van der Waals surface area contributed by atoms with Gasteiger partial charge in [0.25, 0.3) is 10.0 Å². The Morgan fingerprint density at radius 3 is 2.80 bits per heavy atom. The van der Waals surface area contributed by atoms with E-state index in [9.17, 15) is 8.42 Å². The molecule has 0 saturated carbocycles. The monoisotopic (exact) mass is 301 g/mol. The molecule has 114 valence electrons. The number of sulfonamides is 1. The minimum Gasteiger partial charge on any atom is -0.447 e. The Kier molecular flexibility index (Phi) is 4.85. The summed E-state index contributed by atoms with van der Waals surface area (Å²) < 4.78 is 30.3. The maximum atomic E-state index is 11.9. The molecule has 0 spiro atoms. The van der Waals surface area contributed by atoms with E-state index in [2.05, 4.69) is 17.3 Å². The number of hydrogen-bond donors (Lipinski definition) is 1. The molecule has 7 heteroatoms. The van der Waals surface area contributed by atoms with E-state index < -0.39 is 10.0 Å². The average Bonchev–Trinajstić information content (AvgIpc) is 2.99. The van der Waals surface area contributed by atoms with Crippen LogP contribution in [0.2, 0.25) is 0 Å². The van der Waals surface area contributed by atoms with Crippen LogP contribution in [0, 0.1) is 5.92 Å². The molecular formula is C13H23N3O3S. The van der Waals surface area contributed by atoms with Crippen LogP contribution in [0.5, 0.6) is 0 Å². The van der Waals surface area contributed by atoms with Crippen LogP contribution < -0.4 is 5.32 Å². The largest absolute Gasteiger partial charge is 0.447 e. The molecule has 2 rings (SSSR count). The van der Waals surface area contributed by atoms with Gasteiger partial charge in [-0.05, 0) is 44.6 Å². The third-order valence-corrected chi connectivity index (χ3v) is 5.28. The highest BCUT2D eigenvalue weighted by Gasteiger charge is 2.22. The van der Waals surface area contributed by atoms with E-state index >= 15 is 0 Å². The van der Waals surface area contributed by atoms with Gasteiger partial charge in [-0.15, -0.1) is 0 Å². The average molecular weight is 301 g/mol. The Morgan fingerprint density at radius 2 is 2.20 bits per heavy atom. The van der Waals surface area contributed by atoms with Crippen LogP contribution in [-0.4, -0.2) is 58.4 Å². The highest BCUT2D eigenvalue weighted by Crippen LogP contribution is 2.17. The van der Waals surface area contributed by atoms with Gasteiger partial charge >= 0.3 is 0 Å². The van der Waals surface area contributed by atoms with E-state index in [1.807, 2.05) is 0 Å². The maximum absolute atomic E-state index is 11.9. The standard InChI is InChI=1S/C13H23N3O3S/c1-15(2)20(17,18)13-5-4-12(19-13)9-14-8-11-6-7-16(3)10-11/h4-5,11,14H,6-10H2,1-3H3. The van der Waals surface area contributed by atoms with Gasteiger partial charge in [-0.2, -0.15) is 0 Å². The summed E-state index contributed by atoms with van der Waals surface area (Å²) >= 11 is 0. The Labute approximate surface area is 120 Å². The van der Waals surface area contributed by atoms with E-state index in [0.717, 1.165) is 23.9 Å². The van der Waals surface area contributed by atoms with Crippen LogP contribution in [0.3, 0.4) is 0 Å². The number of rotatable bonds is 6. The van der Waals surface area contributed by atoms with Gasteiger partial charge in [0.1, 0.15) is 5.76 Å². The van der Waals surface area contributed by atoms with Crippen LogP contribution in [0.15, 0.2) is 21.6 Å². The Bertz CT molecular complexity index is 539. The summed E-state index contributed by atoms with van der Waals surface area (Å²) in [6, 6.07) is 3.22. The van der Waals surface area contributed by atoms with E-state index in [0.29, 0.717) is 18.2 Å². The molecule has 6 nitrogen and oxygen atoms in total. The lowest BCUT2D eigenvalue weighted by atomic mass is 10.1. The van der Waals surface area contributed by atoms with Gasteiger partial charge in [0.05, 0.1) is 6.54 Å². The zero-order valence-corrected chi connectivity index (χ0v) is 13.1. The van der Waals surface area contributed by atoms with Crippen LogP contribution in [0.1, 0.15) is 12.2 Å². The molecule has 1 aromatic rings. The van der Waals surface area contributed by atoms with E-state index in [4.69, 9.17) is 4.42 Å². The third kappa shape index (κ3) is 3.60. The van der Waals surface area contributed by atoms with Gasteiger partial charge in [-0.3, -0.25) is 0 Å². The topological polar surface area (TPSA) is 65.8 Å². The fraction of sp³-hybridized carbons (Fsp3) is 0.692. The van der Waals surface area contributed by atoms with Crippen molar-refractivity contribution in [3.63, 3.8) is 0 Å². The Morgan fingerprint density at radius 1 is 1.45 bits per heavy atom. The van der Waals surface area contributed by atoms with Crippen molar-refractivity contribution in [2.75, 3.05) is 40.8 Å². The number of furan rings is 1. The summed E-state index contributed by atoms with van der Waals surface area (Å²) in [6.45, 7) is 3.76. The molecule has 1 unspecified atom stereocenters. The highest BCUT2D eigenvalue weighted by atomic mass is 32.2. The molecule has 1 saturated heterocycles. The summed E-state index contributed by atoms with van der Waals surface area (Å²) in [5, 5.41) is 3.33. The van der Waals surface area contributed by atoms with Gasteiger partial charge in [0.15, 0.2) is 0 Å². The van der Waals surface area contributed by atoms with E-state index in [1.54, 1.807) is 6.07 Å². The molecule has 1 atom stereocenters. The molecule has 1 aliphatic heterocycles. The first kappa shape index (κ1) is 15.5. The van der Waals surface area contributed by atoms with Crippen LogP contribution in [-0.2, 0) is 16.6 Å². The highest BCUT2D eigenvalue weighted by molar-refractivity contribution is 7.88. The van der Waals surface area contributed by atoms with Crippen molar-refractivity contribution in [1.82, 2.24) is 14.5 Å². The zero-order chi connectivity index (χ0) is 14.8. The van der Waals surface area contributed by atoms with Crippen molar-refractivity contribution in [2.24, 2.45) is 5.92 Å². The first-order valence-corrected chi connectivity index (χ1v) is 8.24. The third-order valence-electron chi connectivity index (χ3n) is 3.59. The van der Waals surface area contributed by atoms with Crippen molar-refractivity contribution in [3.8, 4) is 0 Å². The van der Waals surface area contributed by atoms with Gasteiger partial charge in [0.2, 0.25) is 5.09 Å². The summed E-state index contributed by atoms with van der Waals surface area (Å²) in [5.74, 6) is 1.32. The minimum atomic E-state index is -3.47. The maximum Gasteiger partial charge on any atom is 0.275 e. The molecule has 0 bridgehead atoms. The predicted octanol–water partition coefficient (Wildman–Crippen LogP) is 0.571. The smallest absolute Gasteiger partial charge is 0.275 e. The molecule has 0 aromatic carbocycles. The number of nitrogens with zero attached hydrogens (tertiary/aromatic N) is 2.